The molecule has 104 valence electrons. The second-order valence-electron chi connectivity index (χ2n) is 6.17. The van der Waals surface area contributed by atoms with E-state index in [0.717, 1.165) is 18.4 Å². The van der Waals surface area contributed by atoms with Crippen molar-refractivity contribution >= 4 is 5.70 Å². The van der Waals surface area contributed by atoms with Crippen LogP contribution in [0, 0.1) is 5.41 Å². The molecule has 0 saturated heterocycles. The number of hydrazine groups is 1. The topological polar surface area (TPSA) is 68.2 Å². The normalized spacial score (nSPS) is 20.3. The monoisotopic (exact) mass is 260 g/mol. The van der Waals surface area contributed by atoms with Gasteiger partial charge in [0.2, 0.25) is 0 Å². The molecular formula is C15H24N4. The molecule has 0 bridgehead atoms. The van der Waals surface area contributed by atoms with Crippen molar-refractivity contribution in [3.63, 3.8) is 0 Å². The second-order valence-corrected chi connectivity index (χ2v) is 6.17. The van der Waals surface area contributed by atoms with Gasteiger partial charge in [0.05, 0.1) is 5.70 Å². The number of aromatic nitrogens is 1. The van der Waals surface area contributed by atoms with E-state index in [1.54, 1.807) is 17.4 Å². The zero-order chi connectivity index (χ0) is 13.9. The first-order valence-corrected chi connectivity index (χ1v) is 6.89. The zero-order valence-electron chi connectivity index (χ0n) is 11.8. The van der Waals surface area contributed by atoms with E-state index in [9.17, 15) is 0 Å². The molecule has 0 amide bonds. The Balaban J connectivity index is 1.99. The van der Waals surface area contributed by atoms with Crippen LogP contribution in [-0.2, 0) is 0 Å². The fourth-order valence-electron chi connectivity index (χ4n) is 2.56. The van der Waals surface area contributed by atoms with Crippen LogP contribution >= 0.6 is 0 Å². The molecule has 0 spiro atoms. The van der Waals surface area contributed by atoms with Crippen LogP contribution in [0.1, 0.15) is 45.1 Å². The average molecular weight is 260 g/mol. The van der Waals surface area contributed by atoms with E-state index in [-0.39, 0.29) is 0 Å². The van der Waals surface area contributed by atoms with E-state index in [4.69, 9.17) is 11.6 Å². The smallest absolute Gasteiger partial charge is 0.0579 e. The van der Waals surface area contributed by atoms with Crippen molar-refractivity contribution in [1.29, 1.82) is 0 Å². The van der Waals surface area contributed by atoms with Crippen LogP contribution in [0.5, 0.6) is 0 Å². The lowest BCUT2D eigenvalue weighted by Gasteiger charge is -2.37. The number of pyridine rings is 1. The van der Waals surface area contributed by atoms with Gasteiger partial charge in [-0.15, -0.1) is 0 Å². The minimum Gasteiger partial charge on any atom is -0.397 e. The van der Waals surface area contributed by atoms with Crippen LogP contribution in [0.4, 0.5) is 0 Å². The van der Waals surface area contributed by atoms with Gasteiger partial charge in [0, 0.05) is 30.2 Å². The summed E-state index contributed by atoms with van der Waals surface area (Å²) in [5.74, 6) is 6.13. The second kappa shape index (κ2) is 5.61. The third-order valence-electron chi connectivity index (χ3n) is 4.01. The third-order valence-corrected chi connectivity index (χ3v) is 4.01. The fraction of sp³-hybridized carbons (Fsp3) is 0.533. The van der Waals surface area contributed by atoms with Crippen molar-refractivity contribution in [2.75, 3.05) is 0 Å². The van der Waals surface area contributed by atoms with Crippen LogP contribution in [0.3, 0.4) is 0 Å². The third kappa shape index (κ3) is 3.70. The molecule has 0 unspecified atom stereocenters. The first kappa shape index (κ1) is 13.9. The summed E-state index contributed by atoms with van der Waals surface area (Å²) in [6.45, 7) is 4.65. The quantitative estimate of drug-likeness (QED) is 0.647. The predicted molar refractivity (Wildman–Crippen MR) is 78.5 cm³/mol. The lowest BCUT2D eigenvalue weighted by molar-refractivity contribution is 0.143. The highest BCUT2D eigenvalue weighted by molar-refractivity contribution is 5.61. The maximum Gasteiger partial charge on any atom is 0.0579 e. The molecule has 4 heteroatoms. The summed E-state index contributed by atoms with van der Waals surface area (Å²) in [6, 6.07) is 4.21. The Hall–Kier alpha value is -1.55. The van der Waals surface area contributed by atoms with Crippen LogP contribution in [-0.4, -0.2) is 16.0 Å². The van der Waals surface area contributed by atoms with Gasteiger partial charge >= 0.3 is 0 Å². The maximum absolute atomic E-state index is 6.13. The van der Waals surface area contributed by atoms with Gasteiger partial charge in [-0.3, -0.25) is 4.98 Å². The van der Waals surface area contributed by atoms with Crippen LogP contribution < -0.4 is 11.6 Å². The molecule has 1 aromatic rings. The summed E-state index contributed by atoms with van der Waals surface area (Å²) in [4.78, 5) is 4.06. The summed E-state index contributed by atoms with van der Waals surface area (Å²) >= 11 is 0. The molecule has 4 N–H and O–H groups in total. The fourth-order valence-corrected chi connectivity index (χ4v) is 2.56. The number of nitrogens with zero attached hydrogens (tertiary/aromatic N) is 2. The lowest BCUT2D eigenvalue weighted by Crippen LogP contribution is -2.41. The summed E-state index contributed by atoms with van der Waals surface area (Å²) in [6.07, 6.45) is 10.0. The average Bonchev–Trinajstić information content (AvgIpc) is 2.39. The van der Waals surface area contributed by atoms with Gasteiger partial charge in [-0.25, -0.2) is 5.84 Å². The molecule has 0 atom stereocenters. The summed E-state index contributed by atoms with van der Waals surface area (Å²) in [5, 5.41) is 1.78. The Morgan fingerprint density at radius 2 is 2.11 bits per heavy atom. The van der Waals surface area contributed by atoms with Gasteiger partial charge in [-0.05, 0) is 43.2 Å². The standard InChI is InChI=1S/C15H24N4/c1-15(2)7-5-13(6-8-15)19(17)11-14(16)12-4-3-9-18-10-12/h3-4,9-11,13H,5-8,16-17H2,1-2H3/b14-11-. The van der Waals surface area contributed by atoms with Crippen LogP contribution in [0.15, 0.2) is 30.7 Å². The minimum atomic E-state index is 0.392. The molecule has 1 saturated carbocycles. The van der Waals surface area contributed by atoms with Crippen molar-refractivity contribution in [3.8, 4) is 0 Å². The summed E-state index contributed by atoms with van der Waals surface area (Å²) in [5.41, 5.74) is 8.09. The van der Waals surface area contributed by atoms with Crippen LogP contribution in [0.2, 0.25) is 0 Å². The van der Waals surface area contributed by atoms with E-state index in [1.165, 1.54) is 12.8 Å². The van der Waals surface area contributed by atoms with Crippen molar-refractivity contribution < 1.29 is 0 Å². The molecule has 0 aromatic carbocycles. The van der Waals surface area contributed by atoms with Crippen molar-refractivity contribution in [3.05, 3.63) is 36.3 Å². The zero-order valence-corrected chi connectivity index (χ0v) is 11.8. The molecule has 2 rings (SSSR count). The van der Waals surface area contributed by atoms with Crippen molar-refractivity contribution in [1.82, 2.24) is 9.99 Å². The predicted octanol–water partition coefficient (Wildman–Crippen LogP) is 2.48. The molecule has 0 radical (unpaired) electrons. The highest BCUT2D eigenvalue weighted by Gasteiger charge is 2.28. The minimum absolute atomic E-state index is 0.392. The molecule has 0 aliphatic heterocycles. The van der Waals surface area contributed by atoms with E-state index < -0.39 is 0 Å². The van der Waals surface area contributed by atoms with Gasteiger partial charge in [0.25, 0.3) is 0 Å². The number of hydrogen-bond acceptors (Lipinski definition) is 4. The van der Waals surface area contributed by atoms with Gasteiger partial charge in [-0.2, -0.15) is 0 Å². The Kier molecular flexibility index (Phi) is 4.10. The molecule has 4 nitrogen and oxygen atoms in total. The van der Waals surface area contributed by atoms with E-state index in [2.05, 4.69) is 18.8 Å². The Bertz CT molecular complexity index is 429. The van der Waals surface area contributed by atoms with Crippen molar-refractivity contribution in [2.24, 2.45) is 17.0 Å². The number of rotatable bonds is 3. The van der Waals surface area contributed by atoms with Gasteiger partial charge in [0.1, 0.15) is 0 Å². The first-order chi connectivity index (χ1) is 8.98. The number of nitrogens with two attached hydrogens (primary N) is 2. The molecular weight excluding hydrogens is 236 g/mol. The Morgan fingerprint density at radius 3 is 2.68 bits per heavy atom. The maximum atomic E-state index is 6.13. The van der Waals surface area contributed by atoms with Crippen molar-refractivity contribution in [2.45, 2.75) is 45.6 Å². The van der Waals surface area contributed by atoms with Gasteiger partial charge in [0.15, 0.2) is 0 Å². The molecule has 1 heterocycles. The van der Waals surface area contributed by atoms with Gasteiger partial charge in [-0.1, -0.05) is 13.8 Å². The van der Waals surface area contributed by atoms with Gasteiger partial charge < -0.3 is 10.7 Å². The Morgan fingerprint density at radius 1 is 1.42 bits per heavy atom. The lowest BCUT2D eigenvalue weighted by atomic mass is 9.75. The SMILES string of the molecule is CC1(C)CCC(N(N)/C=C(\N)c2cccnc2)CC1. The molecule has 1 aromatic heterocycles. The summed E-state index contributed by atoms with van der Waals surface area (Å²) in [7, 11) is 0. The molecule has 1 fully saturated rings. The molecule has 1 aliphatic carbocycles. The highest BCUT2D eigenvalue weighted by atomic mass is 15.4. The van der Waals surface area contributed by atoms with E-state index >= 15 is 0 Å². The van der Waals surface area contributed by atoms with Crippen LogP contribution in [0.25, 0.3) is 5.70 Å². The Labute approximate surface area is 115 Å². The number of hydrogen-bond donors (Lipinski definition) is 2. The summed E-state index contributed by atoms with van der Waals surface area (Å²) < 4.78 is 0. The molecule has 1 aliphatic rings. The molecule has 19 heavy (non-hydrogen) atoms. The largest absolute Gasteiger partial charge is 0.397 e. The first-order valence-electron chi connectivity index (χ1n) is 6.89. The van der Waals surface area contributed by atoms with E-state index in [1.807, 2.05) is 18.3 Å². The van der Waals surface area contributed by atoms with E-state index in [0.29, 0.717) is 17.2 Å². The highest BCUT2D eigenvalue weighted by Crippen LogP contribution is 2.36.